The minimum absolute atomic E-state index is 0.154. The number of furan rings is 1. The maximum Gasteiger partial charge on any atom is 0.337 e. The molecule has 0 bridgehead atoms. The summed E-state index contributed by atoms with van der Waals surface area (Å²) in [5.41, 5.74) is 5.58. The van der Waals surface area contributed by atoms with Crippen molar-refractivity contribution < 1.29 is 27.9 Å². The third-order valence-electron chi connectivity index (χ3n) is 5.49. The number of fused-ring (bicyclic) bond motifs is 1. The first-order chi connectivity index (χ1) is 16.4. The van der Waals surface area contributed by atoms with Crippen LogP contribution in [0.1, 0.15) is 61.0 Å². The van der Waals surface area contributed by atoms with Crippen LogP contribution in [0.2, 0.25) is 0 Å². The van der Waals surface area contributed by atoms with Gasteiger partial charge in [0, 0.05) is 28.8 Å². The van der Waals surface area contributed by atoms with Crippen molar-refractivity contribution in [3.8, 4) is 0 Å². The molecule has 174 valence electrons. The van der Waals surface area contributed by atoms with Crippen LogP contribution in [0.4, 0.5) is 10.1 Å². The van der Waals surface area contributed by atoms with Crippen molar-refractivity contribution in [2.75, 3.05) is 12.4 Å². The van der Waals surface area contributed by atoms with Gasteiger partial charge in [0.2, 0.25) is 0 Å². The number of hydrazone groups is 1. The van der Waals surface area contributed by atoms with Gasteiger partial charge in [0.15, 0.2) is 5.76 Å². The summed E-state index contributed by atoms with van der Waals surface area (Å²) in [7, 11) is 1.30. The molecule has 0 spiro atoms. The fraction of sp³-hybridized carbons (Fsp3) is 0.200. The molecule has 1 aliphatic carbocycles. The lowest BCUT2D eigenvalue weighted by molar-refractivity contribution is 0.0600. The first-order valence-electron chi connectivity index (χ1n) is 10.6. The van der Waals surface area contributed by atoms with Gasteiger partial charge < -0.3 is 14.5 Å². The molecule has 4 rings (SSSR count). The zero-order valence-corrected chi connectivity index (χ0v) is 18.6. The lowest BCUT2D eigenvalue weighted by atomic mass is 9.93. The van der Waals surface area contributed by atoms with Crippen LogP contribution in [0.15, 0.2) is 58.0 Å². The summed E-state index contributed by atoms with van der Waals surface area (Å²) in [5, 5.41) is 7.02. The Morgan fingerprint density at radius 3 is 2.32 bits per heavy atom. The number of hydrogen-bond donors (Lipinski definition) is 2. The normalized spacial score (nSPS) is 13.8. The molecule has 0 saturated heterocycles. The van der Waals surface area contributed by atoms with E-state index in [9.17, 15) is 18.8 Å². The number of ether oxygens (including phenoxy) is 1. The average Bonchev–Trinajstić information content (AvgIpc) is 3.20. The largest absolute Gasteiger partial charge is 0.465 e. The summed E-state index contributed by atoms with van der Waals surface area (Å²) in [5.74, 6) is -1.02. The minimum Gasteiger partial charge on any atom is -0.465 e. The molecule has 1 heterocycles. The Morgan fingerprint density at radius 2 is 1.65 bits per heavy atom. The molecular formula is C25H22FN3O5. The van der Waals surface area contributed by atoms with Crippen molar-refractivity contribution in [1.82, 2.24) is 5.43 Å². The highest BCUT2D eigenvalue weighted by molar-refractivity contribution is 6.09. The zero-order valence-electron chi connectivity index (χ0n) is 18.6. The Bertz CT molecular complexity index is 1280. The predicted molar refractivity (Wildman–Crippen MR) is 123 cm³/mol. The van der Waals surface area contributed by atoms with Crippen LogP contribution in [0.5, 0.6) is 0 Å². The smallest absolute Gasteiger partial charge is 0.337 e. The number of nitrogens with one attached hydrogen (secondary N) is 2. The van der Waals surface area contributed by atoms with E-state index in [0.717, 1.165) is 6.42 Å². The van der Waals surface area contributed by atoms with Crippen LogP contribution in [0, 0.1) is 12.7 Å². The number of methoxy groups -OCH3 is 1. The van der Waals surface area contributed by atoms with Crippen LogP contribution in [-0.4, -0.2) is 30.6 Å². The Kier molecular flexibility index (Phi) is 6.53. The molecule has 0 unspecified atom stereocenters. The summed E-state index contributed by atoms with van der Waals surface area (Å²) in [6.07, 6.45) is 2.00. The van der Waals surface area contributed by atoms with E-state index in [4.69, 9.17) is 4.42 Å². The molecule has 2 aromatic carbocycles. The van der Waals surface area contributed by atoms with Gasteiger partial charge in [-0.2, -0.15) is 5.10 Å². The maximum absolute atomic E-state index is 13.1. The molecule has 0 radical (unpaired) electrons. The van der Waals surface area contributed by atoms with Gasteiger partial charge >= 0.3 is 5.97 Å². The van der Waals surface area contributed by atoms with E-state index in [-0.39, 0.29) is 11.3 Å². The summed E-state index contributed by atoms with van der Waals surface area (Å²) in [6, 6.07) is 11.5. The topological polar surface area (TPSA) is 110 Å². The number of hydrogen-bond acceptors (Lipinski definition) is 6. The Hall–Kier alpha value is -4.27. The lowest BCUT2D eigenvalue weighted by Crippen LogP contribution is -2.22. The Balaban J connectivity index is 1.52. The number of halogens is 1. The van der Waals surface area contributed by atoms with Gasteiger partial charge in [-0.15, -0.1) is 0 Å². The van der Waals surface area contributed by atoms with Crippen LogP contribution in [0.25, 0.3) is 0 Å². The van der Waals surface area contributed by atoms with Crippen LogP contribution in [0.3, 0.4) is 0 Å². The predicted octanol–water partition coefficient (Wildman–Crippen LogP) is 4.24. The molecular weight excluding hydrogens is 441 g/mol. The number of nitrogens with zero attached hydrogens (tertiary/aromatic N) is 1. The highest BCUT2D eigenvalue weighted by Gasteiger charge is 2.28. The highest BCUT2D eigenvalue weighted by atomic mass is 19.1. The number of carbonyl (C=O) groups is 3. The van der Waals surface area contributed by atoms with E-state index in [1.54, 1.807) is 31.2 Å². The SMILES string of the molecule is COC(=O)c1ccc(NC(=O)c2oc3c(c2C)/C(=N/NC(=O)c2ccc(F)cc2)CCC3)cc1. The summed E-state index contributed by atoms with van der Waals surface area (Å²) in [6.45, 7) is 1.76. The van der Waals surface area contributed by atoms with Gasteiger partial charge in [-0.3, -0.25) is 9.59 Å². The fourth-order valence-electron chi connectivity index (χ4n) is 3.78. The van der Waals surface area contributed by atoms with Gasteiger partial charge in [0.05, 0.1) is 18.4 Å². The van der Waals surface area contributed by atoms with E-state index < -0.39 is 23.6 Å². The Labute approximate surface area is 194 Å². The third-order valence-corrected chi connectivity index (χ3v) is 5.49. The molecule has 0 atom stereocenters. The van der Waals surface area contributed by atoms with Gasteiger partial charge in [0.25, 0.3) is 11.8 Å². The van der Waals surface area contributed by atoms with Crippen LogP contribution in [-0.2, 0) is 11.2 Å². The zero-order chi connectivity index (χ0) is 24.2. The third kappa shape index (κ3) is 4.73. The van der Waals surface area contributed by atoms with Crippen molar-refractivity contribution in [2.24, 2.45) is 5.10 Å². The molecule has 9 heteroatoms. The van der Waals surface area contributed by atoms with Crippen LogP contribution >= 0.6 is 0 Å². The first kappa shape index (κ1) is 22.9. The molecule has 34 heavy (non-hydrogen) atoms. The number of aryl methyl sites for hydroxylation is 1. The molecule has 3 aromatic rings. The van der Waals surface area contributed by atoms with Gasteiger partial charge in [-0.05, 0) is 68.3 Å². The average molecular weight is 463 g/mol. The Morgan fingerprint density at radius 1 is 0.971 bits per heavy atom. The number of benzene rings is 2. The van der Waals surface area contributed by atoms with Crippen molar-refractivity contribution >= 4 is 29.2 Å². The highest BCUT2D eigenvalue weighted by Crippen LogP contribution is 2.30. The van der Waals surface area contributed by atoms with E-state index in [2.05, 4.69) is 20.6 Å². The molecule has 0 saturated carbocycles. The summed E-state index contributed by atoms with van der Waals surface area (Å²) >= 11 is 0. The minimum atomic E-state index is -0.467. The molecule has 2 amide bonds. The maximum atomic E-state index is 13.1. The van der Waals surface area contributed by atoms with Crippen molar-refractivity contribution in [3.05, 3.63) is 88.1 Å². The number of anilines is 1. The van der Waals surface area contributed by atoms with Gasteiger partial charge in [0.1, 0.15) is 11.6 Å². The molecule has 0 fully saturated rings. The summed E-state index contributed by atoms with van der Waals surface area (Å²) < 4.78 is 23.6. The lowest BCUT2D eigenvalue weighted by Gasteiger charge is -2.13. The van der Waals surface area contributed by atoms with Gasteiger partial charge in [-0.25, -0.2) is 14.6 Å². The quantitative estimate of drug-likeness (QED) is 0.435. The standard InChI is InChI=1S/C25H22FN3O5/c1-14-21-19(28-29-23(30)15-6-10-17(26)11-7-15)4-3-5-20(21)34-22(14)24(31)27-18-12-8-16(9-13-18)25(32)33-2/h6-13H,3-5H2,1-2H3,(H,27,31)(H,29,30)/b28-19+. The summed E-state index contributed by atoms with van der Waals surface area (Å²) in [4.78, 5) is 36.8. The monoisotopic (exact) mass is 463 g/mol. The molecule has 8 nitrogen and oxygen atoms in total. The second-order valence-corrected chi connectivity index (χ2v) is 7.74. The number of esters is 1. The second-order valence-electron chi connectivity index (χ2n) is 7.74. The van der Waals surface area contributed by atoms with Crippen LogP contribution < -0.4 is 10.7 Å². The van der Waals surface area contributed by atoms with Crippen molar-refractivity contribution in [3.63, 3.8) is 0 Å². The van der Waals surface area contributed by atoms with Crippen molar-refractivity contribution in [1.29, 1.82) is 0 Å². The molecule has 0 aliphatic heterocycles. The van der Waals surface area contributed by atoms with Gasteiger partial charge in [-0.1, -0.05) is 0 Å². The second kappa shape index (κ2) is 9.70. The van der Waals surface area contributed by atoms with E-state index in [1.165, 1.54) is 31.4 Å². The molecule has 1 aromatic heterocycles. The van der Waals surface area contributed by atoms with Crippen molar-refractivity contribution in [2.45, 2.75) is 26.2 Å². The van der Waals surface area contributed by atoms with E-state index in [0.29, 0.717) is 46.7 Å². The molecule has 2 N–H and O–H groups in total. The first-order valence-corrected chi connectivity index (χ1v) is 10.6. The number of rotatable bonds is 5. The number of amides is 2. The fourth-order valence-corrected chi connectivity index (χ4v) is 3.78. The number of carbonyl (C=O) groups excluding carboxylic acids is 3. The van der Waals surface area contributed by atoms with E-state index >= 15 is 0 Å². The van der Waals surface area contributed by atoms with E-state index in [1.807, 2.05) is 0 Å². The molecule has 1 aliphatic rings.